The molecule has 1 aromatic heterocycles. The second kappa shape index (κ2) is 7.63. The quantitative estimate of drug-likeness (QED) is 0.628. The molecular weight excluding hydrogens is 264 g/mol. The molecular formula is C12H18N4O2S. The third-order valence-electron chi connectivity index (χ3n) is 2.24. The zero-order valence-corrected chi connectivity index (χ0v) is 12.1. The van der Waals surface area contributed by atoms with Gasteiger partial charge in [-0.15, -0.1) is 0 Å². The van der Waals surface area contributed by atoms with Gasteiger partial charge in [0.25, 0.3) is 0 Å². The van der Waals surface area contributed by atoms with E-state index in [-0.39, 0.29) is 0 Å². The molecule has 0 aliphatic heterocycles. The minimum absolute atomic E-state index is 0.323. The predicted molar refractivity (Wildman–Crippen MR) is 77.2 cm³/mol. The van der Waals surface area contributed by atoms with Crippen LogP contribution in [0.3, 0.4) is 0 Å². The first-order chi connectivity index (χ1) is 9.08. The number of anilines is 1. The summed E-state index contributed by atoms with van der Waals surface area (Å²) in [4.78, 5) is 19.8. The zero-order valence-electron chi connectivity index (χ0n) is 11.3. The number of rotatable bonds is 5. The van der Waals surface area contributed by atoms with Gasteiger partial charge in [0.15, 0.2) is 5.11 Å². The van der Waals surface area contributed by atoms with Crippen molar-refractivity contribution in [1.82, 2.24) is 15.3 Å². The van der Waals surface area contributed by atoms with Gasteiger partial charge in [0.1, 0.15) is 0 Å². The van der Waals surface area contributed by atoms with Crippen LogP contribution in [-0.4, -0.2) is 34.2 Å². The summed E-state index contributed by atoms with van der Waals surface area (Å²) < 4.78 is 4.91. The normalized spacial score (nSPS) is 9.84. The van der Waals surface area contributed by atoms with Gasteiger partial charge in [-0.1, -0.05) is 6.92 Å². The monoisotopic (exact) mass is 282 g/mol. The highest BCUT2D eigenvalue weighted by atomic mass is 32.1. The van der Waals surface area contributed by atoms with Crippen molar-refractivity contribution in [2.45, 2.75) is 27.2 Å². The van der Waals surface area contributed by atoms with E-state index in [1.807, 2.05) is 6.92 Å². The molecule has 0 saturated carbocycles. The summed E-state index contributed by atoms with van der Waals surface area (Å²) in [5.41, 5.74) is 0.911. The molecule has 0 fully saturated rings. The van der Waals surface area contributed by atoms with E-state index in [9.17, 15) is 4.79 Å². The highest BCUT2D eigenvalue weighted by Gasteiger charge is 2.12. The molecule has 0 aliphatic rings. The topological polar surface area (TPSA) is 76.1 Å². The average molecular weight is 282 g/mol. The molecule has 2 N–H and O–H groups in total. The van der Waals surface area contributed by atoms with Crippen LogP contribution >= 0.6 is 12.2 Å². The highest BCUT2D eigenvalue weighted by Crippen LogP contribution is 2.08. The number of thiocarbonyl (C=S) groups is 1. The lowest BCUT2D eigenvalue weighted by Crippen LogP contribution is -2.29. The van der Waals surface area contributed by atoms with E-state index >= 15 is 0 Å². The first-order valence-corrected chi connectivity index (χ1v) is 6.54. The van der Waals surface area contributed by atoms with Gasteiger partial charge in [-0.2, -0.15) is 0 Å². The lowest BCUT2D eigenvalue weighted by Gasteiger charge is -2.10. The van der Waals surface area contributed by atoms with Crippen LogP contribution in [-0.2, 0) is 4.74 Å². The van der Waals surface area contributed by atoms with Crippen LogP contribution in [0, 0.1) is 6.92 Å². The van der Waals surface area contributed by atoms with Crippen LogP contribution < -0.4 is 10.6 Å². The summed E-state index contributed by atoms with van der Waals surface area (Å²) in [6, 6.07) is 0. The second-order valence-corrected chi connectivity index (χ2v) is 4.20. The fourth-order valence-electron chi connectivity index (χ4n) is 1.32. The number of carbonyl (C=O) groups is 1. The van der Waals surface area contributed by atoms with Crippen molar-refractivity contribution >= 4 is 29.2 Å². The standard InChI is InChI=1S/C12H18N4O2S/c1-4-6-13-12(19)16-11-14-7-9(8(3)15-11)10(17)18-5-2/h7H,4-6H2,1-3H3,(H2,13,14,15,16,19). The summed E-state index contributed by atoms with van der Waals surface area (Å²) in [7, 11) is 0. The van der Waals surface area contributed by atoms with Crippen LogP contribution in [0.1, 0.15) is 36.3 Å². The van der Waals surface area contributed by atoms with E-state index in [2.05, 4.69) is 20.6 Å². The summed E-state index contributed by atoms with van der Waals surface area (Å²) in [6.45, 7) is 6.63. The number of nitrogens with zero attached hydrogens (tertiary/aromatic N) is 2. The van der Waals surface area contributed by atoms with E-state index in [0.29, 0.717) is 28.9 Å². The first kappa shape index (κ1) is 15.3. The fraction of sp³-hybridized carbons (Fsp3) is 0.500. The average Bonchev–Trinajstić information content (AvgIpc) is 2.36. The van der Waals surface area contributed by atoms with Crippen molar-refractivity contribution < 1.29 is 9.53 Å². The van der Waals surface area contributed by atoms with Crippen molar-refractivity contribution in [2.24, 2.45) is 0 Å². The molecule has 1 rings (SSSR count). The summed E-state index contributed by atoms with van der Waals surface area (Å²) in [6.07, 6.45) is 2.41. The number of esters is 1. The van der Waals surface area contributed by atoms with E-state index in [1.54, 1.807) is 13.8 Å². The van der Waals surface area contributed by atoms with Gasteiger partial charge in [0.05, 0.1) is 17.9 Å². The highest BCUT2D eigenvalue weighted by molar-refractivity contribution is 7.80. The van der Waals surface area contributed by atoms with Crippen molar-refractivity contribution in [3.63, 3.8) is 0 Å². The third-order valence-corrected chi connectivity index (χ3v) is 2.48. The Kier molecular flexibility index (Phi) is 6.14. The van der Waals surface area contributed by atoms with E-state index < -0.39 is 5.97 Å². The fourth-order valence-corrected chi connectivity index (χ4v) is 1.51. The largest absolute Gasteiger partial charge is 0.462 e. The van der Waals surface area contributed by atoms with Crippen molar-refractivity contribution in [2.75, 3.05) is 18.5 Å². The van der Waals surface area contributed by atoms with Crippen LogP contribution in [0.15, 0.2) is 6.20 Å². The smallest absolute Gasteiger partial charge is 0.341 e. The molecule has 0 saturated heterocycles. The van der Waals surface area contributed by atoms with Gasteiger partial charge >= 0.3 is 5.97 Å². The number of hydrogen-bond donors (Lipinski definition) is 2. The Morgan fingerprint density at radius 3 is 2.79 bits per heavy atom. The number of ether oxygens (including phenoxy) is 1. The number of carbonyl (C=O) groups excluding carboxylic acids is 1. The Balaban J connectivity index is 2.71. The number of hydrogen-bond acceptors (Lipinski definition) is 5. The molecule has 0 aromatic carbocycles. The summed E-state index contributed by atoms with van der Waals surface area (Å²) >= 11 is 5.08. The van der Waals surface area contributed by atoms with Crippen molar-refractivity contribution in [3.05, 3.63) is 17.5 Å². The molecule has 0 unspecified atom stereocenters. The van der Waals surface area contributed by atoms with Gasteiger partial charge in [0.2, 0.25) is 5.95 Å². The maximum absolute atomic E-state index is 11.6. The molecule has 0 bridgehead atoms. The number of aromatic nitrogens is 2. The molecule has 0 amide bonds. The molecule has 104 valence electrons. The van der Waals surface area contributed by atoms with Crippen LogP contribution in [0.25, 0.3) is 0 Å². The maximum atomic E-state index is 11.6. The van der Waals surface area contributed by atoms with Crippen molar-refractivity contribution in [3.8, 4) is 0 Å². The van der Waals surface area contributed by atoms with E-state index in [4.69, 9.17) is 17.0 Å². The molecule has 0 spiro atoms. The lowest BCUT2D eigenvalue weighted by atomic mass is 10.2. The molecule has 1 aromatic rings. The Labute approximate surface area is 118 Å². The predicted octanol–water partition coefficient (Wildman–Crippen LogP) is 1.66. The lowest BCUT2D eigenvalue weighted by molar-refractivity contribution is 0.0524. The second-order valence-electron chi connectivity index (χ2n) is 3.79. The minimum atomic E-state index is -0.418. The number of nitrogens with one attached hydrogen (secondary N) is 2. The SMILES string of the molecule is CCCNC(=S)Nc1ncc(C(=O)OCC)c(C)n1. The molecule has 0 aliphatic carbocycles. The Morgan fingerprint density at radius 1 is 1.47 bits per heavy atom. The van der Waals surface area contributed by atoms with Crippen LogP contribution in [0.2, 0.25) is 0 Å². The van der Waals surface area contributed by atoms with E-state index in [1.165, 1.54) is 6.20 Å². The molecule has 19 heavy (non-hydrogen) atoms. The van der Waals surface area contributed by atoms with Gasteiger partial charge in [-0.05, 0) is 32.5 Å². The van der Waals surface area contributed by atoms with Gasteiger partial charge in [-0.3, -0.25) is 0 Å². The minimum Gasteiger partial charge on any atom is -0.462 e. The molecule has 0 radical (unpaired) electrons. The summed E-state index contributed by atoms with van der Waals surface area (Å²) in [5, 5.41) is 6.33. The van der Waals surface area contributed by atoms with Gasteiger partial charge in [-0.25, -0.2) is 14.8 Å². The Bertz CT molecular complexity index is 465. The van der Waals surface area contributed by atoms with E-state index in [0.717, 1.165) is 13.0 Å². The van der Waals surface area contributed by atoms with Gasteiger partial charge < -0.3 is 15.4 Å². The first-order valence-electron chi connectivity index (χ1n) is 6.14. The van der Waals surface area contributed by atoms with Crippen LogP contribution in [0.5, 0.6) is 0 Å². The van der Waals surface area contributed by atoms with Crippen LogP contribution in [0.4, 0.5) is 5.95 Å². The maximum Gasteiger partial charge on any atom is 0.341 e. The summed E-state index contributed by atoms with van der Waals surface area (Å²) in [5.74, 6) is -0.0580. The molecule has 7 heteroatoms. The Hall–Kier alpha value is -1.76. The Morgan fingerprint density at radius 2 is 2.21 bits per heavy atom. The third kappa shape index (κ3) is 4.78. The molecule has 0 atom stereocenters. The van der Waals surface area contributed by atoms with Gasteiger partial charge in [0, 0.05) is 12.7 Å². The van der Waals surface area contributed by atoms with Crippen molar-refractivity contribution in [1.29, 1.82) is 0 Å². The zero-order chi connectivity index (χ0) is 14.3. The number of aryl methyl sites for hydroxylation is 1. The molecule has 1 heterocycles. The molecule has 6 nitrogen and oxygen atoms in total.